The van der Waals surface area contributed by atoms with Crippen molar-refractivity contribution in [3.8, 4) is 11.4 Å². The van der Waals surface area contributed by atoms with Crippen LogP contribution in [0.5, 0.6) is 5.75 Å². The lowest BCUT2D eigenvalue weighted by molar-refractivity contribution is -0.123. The summed E-state index contributed by atoms with van der Waals surface area (Å²) in [4.78, 5) is 27.1. The molecule has 31 heavy (non-hydrogen) atoms. The minimum Gasteiger partial charge on any atom is -0.497 e. The topological polar surface area (TPSA) is 51.5 Å². The summed E-state index contributed by atoms with van der Waals surface area (Å²) in [6.07, 6.45) is 1.79. The van der Waals surface area contributed by atoms with Crippen LogP contribution in [0.25, 0.3) is 11.8 Å². The van der Waals surface area contributed by atoms with Crippen molar-refractivity contribution < 1.29 is 14.3 Å². The van der Waals surface area contributed by atoms with Crippen molar-refractivity contribution in [3.63, 3.8) is 0 Å². The van der Waals surface area contributed by atoms with E-state index in [9.17, 15) is 9.59 Å². The first kappa shape index (κ1) is 21.3. The third-order valence-electron chi connectivity index (χ3n) is 5.25. The van der Waals surface area contributed by atoms with Crippen LogP contribution in [0, 0.1) is 13.8 Å². The van der Waals surface area contributed by atoms with Crippen LogP contribution in [0.1, 0.15) is 22.5 Å². The number of rotatable bonds is 5. The maximum atomic E-state index is 12.9. The minimum absolute atomic E-state index is 0.159. The average Bonchev–Trinajstić information content (AvgIpc) is 3.19. The van der Waals surface area contributed by atoms with Gasteiger partial charge in [-0.15, -0.1) is 0 Å². The van der Waals surface area contributed by atoms with Gasteiger partial charge in [-0.05, 0) is 79.2 Å². The van der Waals surface area contributed by atoms with E-state index in [-0.39, 0.29) is 17.7 Å². The number of methoxy groups -OCH3 is 1. The molecule has 4 rings (SSSR count). The number of nitrogens with zero attached hydrogens (tertiary/aromatic N) is 2. The van der Waals surface area contributed by atoms with E-state index in [1.54, 1.807) is 19.3 Å². The summed E-state index contributed by atoms with van der Waals surface area (Å²) in [5.41, 5.74) is 4.66. The molecule has 2 aromatic carbocycles. The average molecular weight is 453 g/mol. The van der Waals surface area contributed by atoms with Gasteiger partial charge < -0.3 is 9.30 Å². The zero-order valence-electron chi connectivity index (χ0n) is 17.4. The highest BCUT2D eigenvalue weighted by molar-refractivity contribution is 8.18. The van der Waals surface area contributed by atoms with Crippen molar-refractivity contribution in [3.05, 3.63) is 87.0 Å². The van der Waals surface area contributed by atoms with Crippen LogP contribution in [0.15, 0.2) is 59.5 Å². The first-order valence-corrected chi connectivity index (χ1v) is 10.9. The molecule has 0 spiro atoms. The van der Waals surface area contributed by atoms with Gasteiger partial charge in [-0.3, -0.25) is 14.5 Å². The van der Waals surface area contributed by atoms with E-state index in [1.807, 2.05) is 62.4 Å². The first-order valence-electron chi connectivity index (χ1n) is 9.71. The molecule has 1 aromatic heterocycles. The molecule has 3 aromatic rings. The van der Waals surface area contributed by atoms with Gasteiger partial charge in [0.25, 0.3) is 11.1 Å². The Morgan fingerprint density at radius 2 is 1.77 bits per heavy atom. The smallest absolute Gasteiger partial charge is 0.293 e. The third kappa shape index (κ3) is 4.13. The fraction of sp³-hybridized carbons (Fsp3) is 0.167. The highest BCUT2D eigenvalue weighted by Gasteiger charge is 2.35. The Bertz CT molecular complexity index is 1200. The summed E-state index contributed by atoms with van der Waals surface area (Å²) < 4.78 is 7.35. The summed E-state index contributed by atoms with van der Waals surface area (Å²) in [7, 11) is 1.64. The first-order chi connectivity index (χ1) is 14.9. The summed E-state index contributed by atoms with van der Waals surface area (Å²) in [5.74, 6) is 0.489. The number of benzene rings is 2. The monoisotopic (exact) mass is 452 g/mol. The largest absolute Gasteiger partial charge is 0.497 e. The van der Waals surface area contributed by atoms with Crippen LogP contribution in [-0.4, -0.2) is 27.7 Å². The van der Waals surface area contributed by atoms with E-state index in [0.29, 0.717) is 9.93 Å². The van der Waals surface area contributed by atoms with Gasteiger partial charge in [0, 0.05) is 22.1 Å². The zero-order valence-corrected chi connectivity index (χ0v) is 19.0. The Morgan fingerprint density at radius 3 is 2.45 bits per heavy atom. The molecule has 1 aliphatic heterocycles. The van der Waals surface area contributed by atoms with Crippen molar-refractivity contribution in [2.45, 2.75) is 20.4 Å². The minimum atomic E-state index is -0.302. The number of aromatic nitrogens is 1. The standard InChI is InChI=1S/C24H21ClN2O3S/c1-15-12-18(16(2)27(15)19-8-10-20(30-3)11-9-19)13-22-23(28)26(24(29)31-22)14-17-6-4-5-7-21(17)25/h4-13H,14H2,1-3H3/b22-13-. The summed E-state index contributed by atoms with van der Waals surface area (Å²) in [5, 5.41) is 0.244. The van der Waals surface area contributed by atoms with E-state index >= 15 is 0 Å². The van der Waals surface area contributed by atoms with Crippen molar-refractivity contribution >= 4 is 40.6 Å². The predicted molar refractivity (Wildman–Crippen MR) is 125 cm³/mol. The van der Waals surface area contributed by atoms with E-state index in [4.69, 9.17) is 16.3 Å². The van der Waals surface area contributed by atoms with Crippen LogP contribution in [0.2, 0.25) is 5.02 Å². The molecule has 0 bridgehead atoms. The molecule has 5 nitrogen and oxygen atoms in total. The Balaban J connectivity index is 1.62. The lowest BCUT2D eigenvalue weighted by Gasteiger charge is -2.13. The molecule has 1 saturated heterocycles. The third-order valence-corrected chi connectivity index (χ3v) is 6.52. The van der Waals surface area contributed by atoms with Crippen LogP contribution < -0.4 is 4.74 Å². The molecule has 1 fully saturated rings. The van der Waals surface area contributed by atoms with Crippen LogP contribution in [0.3, 0.4) is 0 Å². The second-order valence-corrected chi connectivity index (χ2v) is 8.62. The Labute approximate surface area is 190 Å². The van der Waals surface area contributed by atoms with E-state index < -0.39 is 0 Å². The second-order valence-electron chi connectivity index (χ2n) is 7.22. The molecule has 158 valence electrons. The van der Waals surface area contributed by atoms with Gasteiger partial charge in [-0.2, -0.15) is 0 Å². The fourth-order valence-corrected chi connectivity index (χ4v) is 4.66. The summed E-state index contributed by atoms with van der Waals surface area (Å²) in [6, 6.07) is 17.0. The molecular weight excluding hydrogens is 432 g/mol. The van der Waals surface area contributed by atoms with Gasteiger partial charge in [0.1, 0.15) is 5.75 Å². The normalized spacial score (nSPS) is 15.2. The lowest BCUT2D eigenvalue weighted by Crippen LogP contribution is -2.27. The Hall–Kier alpha value is -2.96. The molecule has 0 aliphatic carbocycles. The molecule has 0 saturated carbocycles. The van der Waals surface area contributed by atoms with Gasteiger partial charge in [-0.1, -0.05) is 29.8 Å². The molecule has 0 unspecified atom stereocenters. The van der Waals surface area contributed by atoms with Crippen molar-refractivity contribution in [1.29, 1.82) is 0 Å². The van der Waals surface area contributed by atoms with Crippen LogP contribution in [-0.2, 0) is 11.3 Å². The maximum absolute atomic E-state index is 12.9. The number of hydrogen-bond acceptors (Lipinski definition) is 4. The number of hydrogen-bond donors (Lipinski definition) is 0. The number of carbonyl (C=O) groups excluding carboxylic acids is 2. The molecule has 0 atom stereocenters. The van der Waals surface area contributed by atoms with Crippen LogP contribution >= 0.6 is 23.4 Å². The van der Waals surface area contributed by atoms with E-state index in [1.165, 1.54) is 4.90 Å². The second kappa shape index (κ2) is 8.65. The Kier molecular flexibility index (Phi) is 5.94. The zero-order chi connectivity index (χ0) is 22.1. The molecule has 0 N–H and O–H groups in total. The highest BCUT2D eigenvalue weighted by Crippen LogP contribution is 2.35. The molecule has 0 radical (unpaired) electrons. The van der Waals surface area contributed by atoms with E-state index in [0.717, 1.165) is 45.7 Å². The maximum Gasteiger partial charge on any atom is 0.293 e. The summed E-state index contributed by atoms with van der Waals surface area (Å²) in [6.45, 7) is 4.17. The van der Waals surface area contributed by atoms with Crippen molar-refractivity contribution in [2.75, 3.05) is 7.11 Å². The number of aryl methyl sites for hydroxylation is 1. The summed E-state index contributed by atoms with van der Waals surface area (Å²) >= 11 is 7.16. The number of carbonyl (C=O) groups is 2. The Morgan fingerprint density at radius 1 is 1.06 bits per heavy atom. The molecule has 1 aliphatic rings. The van der Waals surface area contributed by atoms with Gasteiger partial charge in [0.15, 0.2) is 0 Å². The fourth-order valence-electron chi connectivity index (χ4n) is 3.64. The number of amides is 2. The molecule has 2 amide bonds. The van der Waals surface area contributed by atoms with Gasteiger partial charge in [-0.25, -0.2) is 0 Å². The van der Waals surface area contributed by atoms with Gasteiger partial charge in [0.2, 0.25) is 0 Å². The molecule has 7 heteroatoms. The van der Waals surface area contributed by atoms with Crippen LogP contribution in [0.4, 0.5) is 4.79 Å². The number of ether oxygens (including phenoxy) is 1. The highest BCUT2D eigenvalue weighted by atomic mass is 35.5. The lowest BCUT2D eigenvalue weighted by atomic mass is 10.2. The van der Waals surface area contributed by atoms with Gasteiger partial charge in [0.05, 0.1) is 18.6 Å². The number of halogens is 1. The number of imide groups is 1. The van der Waals surface area contributed by atoms with Crippen molar-refractivity contribution in [1.82, 2.24) is 9.47 Å². The molecule has 2 heterocycles. The van der Waals surface area contributed by atoms with E-state index in [2.05, 4.69) is 4.57 Å². The number of thioether (sulfide) groups is 1. The predicted octanol–water partition coefficient (Wildman–Crippen LogP) is 5.99. The molecular formula is C24H21ClN2O3S. The quantitative estimate of drug-likeness (QED) is 0.446. The SMILES string of the molecule is COc1ccc(-n2c(C)cc(/C=C3\SC(=O)N(Cc4ccccc4Cl)C3=O)c2C)cc1. The van der Waals surface area contributed by atoms with Crippen molar-refractivity contribution in [2.24, 2.45) is 0 Å². The van der Waals surface area contributed by atoms with Gasteiger partial charge >= 0.3 is 0 Å².